The molecule has 2 aromatic rings. The zero-order chi connectivity index (χ0) is 13.7. The number of halogens is 1. The minimum atomic E-state index is 0.433. The molecule has 0 saturated heterocycles. The molecule has 1 aromatic carbocycles. The van der Waals surface area contributed by atoms with Gasteiger partial charge in [0.25, 0.3) is 0 Å². The van der Waals surface area contributed by atoms with Crippen LogP contribution < -0.4 is 10.1 Å². The Hall–Kier alpha value is -1.26. The Morgan fingerprint density at radius 2 is 2.21 bits per heavy atom. The van der Waals surface area contributed by atoms with Gasteiger partial charge in [-0.1, -0.05) is 6.92 Å². The van der Waals surface area contributed by atoms with E-state index in [2.05, 4.69) is 22.6 Å². The third-order valence-corrected chi connectivity index (χ3v) is 3.76. The van der Waals surface area contributed by atoms with Crippen LogP contribution in [0.5, 0.6) is 5.75 Å². The molecule has 102 valence electrons. The highest BCUT2D eigenvalue weighted by Gasteiger charge is 2.06. The lowest BCUT2D eigenvalue weighted by atomic mass is 10.2. The van der Waals surface area contributed by atoms with E-state index in [4.69, 9.17) is 16.3 Å². The number of hydrogen-bond donors (Lipinski definition) is 1. The summed E-state index contributed by atoms with van der Waals surface area (Å²) in [5.74, 6) is 1.28. The molecule has 1 N–H and O–H groups in total. The van der Waals surface area contributed by atoms with E-state index in [1.807, 2.05) is 25.1 Å². The van der Waals surface area contributed by atoms with Crippen LogP contribution >= 0.6 is 22.9 Å². The van der Waals surface area contributed by atoms with E-state index in [1.165, 1.54) is 0 Å². The molecule has 0 fully saturated rings. The number of alkyl halides is 1. The second-order valence-electron chi connectivity index (χ2n) is 4.01. The van der Waals surface area contributed by atoms with Crippen LogP contribution in [0.15, 0.2) is 23.6 Å². The average Bonchev–Trinajstić information content (AvgIpc) is 2.88. The number of thiazole rings is 1. The van der Waals surface area contributed by atoms with Crippen molar-refractivity contribution in [1.29, 1.82) is 0 Å². The predicted molar refractivity (Wildman–Crippen MR) is 81.9 cm³/mol. The average molecular weight is 297 g/mol. The van der Waals surface area contributed by atoms with Gasteiger partial charge in [0, 0.05) is 16.6 Å². The van der Waals surface area contributed by atoms with Gasteiger partial charge in [-0.2, -0.15) is 0 Å². The van der Waals surface area contributed by atoms with Crippen LogP contribution in [-0.2, 0) is 12.3 Å². The summed E-state index contributed by atoms with van der Waals surface area (Å²) in [6.07, 6.45) is 0.953. The van der Waals surface area contributed by atoms with Crippen LogP contribution in [0.2, 0.25) is 0 Å². The predicted octanol–water partition coefficient (Wildman–Crippen LogP) is 4.59. The molecule has 0 unspecified atom stereocenters. The Kier molecular flexibility index (Phi) is 5.05. The SMILES string of the molecule is CCOc1ccc(Nc2nc(CC)cs2)cc1CCl. The first-order valence-corrected chi connectivity index (χ1v) is 7.71. The third kappa shape index (κ3) is 3.61. The van der Waals surface area contributed by atoms with Crippen molar-refractivity contribution in [3.8, 4) is 5.75 Å². The number of benzene rings is 1. The molecule has 0 spiro atoms. The van der Waals surface area contributed by atoms with Crippen molar-refractivity contribution < 1.29 is 4.74 Å². The van der Waals surface area contributed by atoms with Crippen molar-refractivity contribution in [2.45, 2.75) is 26.1 Å². The molecule has 0 saturated carbocycles. The maximum Gasteiger partial charge on any atom is 0.187 e. The second-order valence-corrected chi connectivity index (χ2v) is 5.14. The lowest BCUT2D eigenvalue weighted by molar-refractivity contribution is 0.337. The highest BCUT2D eigenvalue weighted by atomic mass is 35.5. The van der Waals surface area contributed by atoms with E-state index in [0.29, 0.717) is 12.5 Å². The monoisotopic (exact) mass is 296 g/mol. The van der Waals surface area contributed by atoms with Gasteiger partial charge in [-0.05, 0) is 31.5 Å². The van der Waals surface area contributed by atoms with Crippen LogP contribution in [-0.4, -0.2) is 11.6 Å². The molecule has 0 radical (unpaired) electrons. The van der Waals surface area contributed by atoms with E-state index in [9.17, 15) is 0 Å². The van der Waals surface area contributed by atoms with Gasteiger partial charge in [0.15, 0.2) is 5.13 Å². The summed E-state index contributed by atoms with van der Waals surface area (Å²) >= 11 is 7.56. The second kappa shape index (κ2) is 6.78. The maximum absolute atomic E-state index is 5.95. The van der Waals surface area contributed by atoms with Gasteiger partial charge in [-0.3, -0.25) is 0 Å². The molecular weight excluding hydrogens is 280 g/mol. The molecule has 19 heavy (non-hydrogen) atoms. The van der Waals surface area contributed by atoms with E-state index >= 15 is 0 Å². The summed E-state index contributed by atoms with van der Waals surface area (Å²) in [6.45, 7) is 4.70. The van der Waals surface area contributed by atoms with Gasteiger partial charge in [-0.15, -0.1) is 22.9 Å². The summed E-state index contributed by atoms with van der Waals surface area (Å²) in [5.41, 5.74) is 3.08. The van der Waals surface area contributed by atoms with E-state index in [1.54, 1.807) is 11.3 Å². The first kappa shape index (κ1) is 14.2. The zero-order valence-corrected chi connectivity index (χ0v) is 12.6. The number of anilines is 2. The summed E-state index contributed by atoms with van der Waals surface area (Å²) in [4.78, 5) is 4.48. The topological polar surface area (TPSA) is 34.1 Å². The Balaban J connectivity index is 2.16. The normalized spacial score (nSPS) is 10.5. The van der Waals surface area contributed by atoms with Crippen molar-refractivity contribution in [3.63, 3.8) is 0 Å². The number of nitrogens with zero attached hydrogens (tertiary/aromatic N) is 1. The lowest BCUT2D eigenvalue weighted by Crippen LogP contribution is -1.97. The minimum Gasteiger partial charge on any atom is -0.494 e. The summed E-state index contributed by atoms with van der Waals surface area (Å²) < 4.78 is 5.53. The molecule has 0 aliphatic heterocycles. The summed E-state index contributed by atoms with van der Waals surface area (Å²) in [7, 11) is 0. The molecule has 1 aromatic heterocycles. The number of aromatic nitrogens is 1. The smallest absolute Gasteiger partial charge is 0.187 e. The van der Waals surface area contributed by atoms with E-state index in [-0.39, 0.29) is 0 Å². The Labute approximate surface area is 122 Å². The number of aryl methyl sites for hydroxylation is 1. The van der Waals surface area contributed by atoms with Crippen molar-refractivity contribution >= 4 is 33.8 Å². The van der Waals surface area contributed by atoms with E-state index < -0.39 is 0 Å². The molecule has 0 aliphatic rings. The van der Waals surface area contributed by atoms with Crippen LogP contribution in [0.25, 0.3) is 0 Å². The fraction of sp³-hybridized carbons (Fsp3) is 0.357. The largest absolute Gasteiger partial charge is 0.494 e. The number of hydrogen-bond acceptors (Lipinski definition) is 4. The Bertz CT molecular complexity index is 542. The minimum absolute atomic E-state index is 0.433. The third-order valence-electron chi connectivity index (χ3n) is 2.67. The first-order valence-electron chi connectivity index (χ1n) is 6.30. The van der Waals surface area contributed by atoms with Gasteiger partial charge >= 0.3 is 0 Å². The molecule has 1 heterocycles. The number of ether oxygens (including phenoxy) is 1. The van der Waals surface area contributed by atoms with Crippen molar-refractivity contribution in [1.82, 2.24) is 4.98 Å². The van der Waals surface area contributed by atoms with Gasteiger partial charge in [-0.25, -0.2) is 4.98 Å². The first-order chi connectivity index (χ1) is 9.26. The van der Waals surface area contributed by atoms with Crippen LogP contribution in [0.3, 0.4) is 0 Å². The Morgan fingerprint density at radius 3 is 2.84 bits per heavy atom. The maximum atomic E-state index is 5.95. The molecule has 2 rings (SSSR count). The van der Waals surface area contributed by atoms with Gasteiger partial charge in [0.05, 0.1) is 18.2 Å². The van der Waals surface area contributed by atoms with Crippen LogP contribution in [0, 0.1) is 0 Å². The van der Waals surface area contributed by atoms with Gasteiger partial charge < -0.3 is 10.1 Å². The molecule has 3 nitrogen and oxygen atoms in total. The molecular formula is C14H17ClN2OS. The number of nitrogens with one attached hydrogen (secondary N) is 1. The molecule has 5 heteroatoms. The van der Waals surface area contributed by atoms with Gasteiger partial charge in [0.1, 0.15) is 5.75 Å². The highest BCUT2D eigenvalue weighted by molar-refractivity contribution is 7.13. The number of rotatable bonds is 6. The van der Waals surface area contributed by atoms with Crippen molar-refractivity contribution in [2.75, 3.05) is 11.9 Å². The van der Waals surface area contributed by atoms with Gasteiger partial charge in [0.2, 0.25) is 0 Å². The quantitative estimate of drug-likeness (QED) is 0.792. The van der Waals surface area contributed by atoms with Crippen molar-refractivity contribution in [2.24, 2.45) is 0 Å². The summed E-state index contributed by atoms with van der Waals surface area (Å²) in [5, 5.41) is 6.27. The zero-order valence-electron chi connectivity index (χ0n) is 11.1. The van der Waals surface area contributed by atoms with Crippen LogP contribution in [0.4, 0.5) is 10.8 Å². The summed E-state index contributed by atoms with van der Waals surface area (Å²) in [6, 6.07) is 5.93. The highest BCUT2D eigenvalue weighted by Crippen LogP contribution is 2.27. The lowest BCUT2D eigenvalue weighted by Gasteiger charge is -2.10. The molecule has 0 atom stereocenters. The molecule has 0 bridgehead atoms. The molecule has 0 amide bonds. The Morgan fingerprint density at radius 1 is 1.37 bits per heavy atom. The van der Waals surface area contributed by atoms with Crippen molar-refractivity contribution in [3.05, 3.63) is 34.8 Å². The fourth-order valence-electron chi connectivity index (χ4n) is 1.71. The standard InChI is InChI=1S/C14H17ClN2OS/c1-3-11-9-19-14(16-11)17-12-5-6-13(18-4-2)10(7-12)8-15/h5-7,9H,3-4,8H2,1-2H3,(H,16,17). The van der Waals surface area contributed by atoms with E-state index in [0.717, 1.165) is 34.2 Å². The molecule has 0 aliphatic carbocycles. The fourth-order valence-corrected chi connectivity index (χ4v) is 2.73. The van der Waals surface area contributed by atoms with Crippen LogP contribution in [0.1, 0.15) is 25.1 Å².